The summed E-state index contributed by atoms with van der Waals surface area (Å²) in [6, 6.07) is 13.8. The van der Waals surface area contributed by atoms with Crippen LogP contribution in [0.4, 0.5) is 4.79 Å². The van der Waals surface area contributed by atoms with Crippen LogP contribution in [0.3, 0.4) is 0 Å². The first kappa shape index (κ1) is 15.5. The van der Waals surface area contributed by atoms with E-state index >= 15 is 0 Å². The number of aromatic amines is 1. The summed E-state index contributed by atoms with van der Waals surface area (Å²) < 4.78 is 5.87. The molecule has 3 heterocycles. The van der Waals surface area contributed by atoms with Gasteiger partial charge in [-0.3, -0.25) is 4.98 Å². The fourth-order valence-corrected chi connectivity index (χ4v) is 3.13. The Morgan fingerprint density at radius 3 is 3.08 bits per heavy atom. The number of nitrogens with zero attached hydrogens (tertiary/aromatic N) is 2. The Bertz CT molecular complexity index is 829. The molecule has 0 saturated carbocycles. The van der Waals surface area contributed by atoms with Crippen LogP contribution in [-0.2, 0) is 6.54 Å². The van der Waals surface area contributed by atoms with Crippen LogP contribution < -0.4 is 10.1 Å². The highest BCUT2D eigenvalue weighted by atomic mass is 16.5. The smallest absolute Gasteiger partial charge is 0.317 e. The standard InChI is InChI=1S/C19H20N4O2/c24-19(21-11-15-10-14-4-1-2-6-18(14)22-15)23-9-7-17(13-23)25-16-5-3-8-20-12-16/h1-6,8,10,12,17,22H,7,9,11,13H2,(H,21,24). The molecule has 128 valence electrons. The number of H-pyrrole nitrogens is 1. The average Bonchev–Trinajstić information content (AvgIpc) is 3.27. The zero-order chi connectivity index (χ0) is 17.1. The van der Waals surface area contributed by atoms with Gasteiger partial charge in [0.25, 0.3) is 0 Å². The van der Waals surface area contributed by atoms with Crippen molar-refractivity contribution < 1.29 is 9.53 Å². The predicted octanol–water partition coefficient (Wildman–Crippen LogP) is 2.93. The first-order valence-electron chi connectivity index (χ1n) is 8.44. The zero-order valence-electron chi connectivity index (χ0n) is 13.8. The molecule has 3 aromatic rings. The van der Waals surface area contributed by atoms with Crippen molar-refractivity contribution in [2.45, 2.75) is 19.1 Å². The van der Waals surface area contributed by atoms with E-state index in [1.807, 2.05) is 30.3 Å². The van der Waals surface area contributed by atoms with E-state index < -0.39 is 0 Å². The van der Waals surface area contributed by atoms with Gasteiger partial charge in [0.1, 0.15) is 11.9 Å². The number of hydrogen-bond acceptors (Lipinski definition) is 3. The molecule has 6 heteroatoms. The minimum absolute atomic E-state index is 0.0167. The number of benzene rings is 1. The largest absolute Gasteiger partial charge is 0.487 e. The number of ether oxygens (including phenoxy) is 1. The maximum absolute atomic E-state index is 12.4. The van der Waals surface area contributed by atoms with Gasteiger partial charge in [-0.2, -0.15) is 0 Å². The van der Waals surface area contributed by atoms with Crippen LogP contribution in [0.15, 0.2) is 54.9 Å². The SMILES string of the molecule is O=C(NCc1cc2ccccc2[nH]1)N1CCC(Oc2cccnc2)C1. The Morgan fingerprint density at radius 1 is 1.32 bits per heavy atom. The summed E-state index contributed by atoms with van der Waals surface area (Å²) in [4.78, 5) is 21.5. The molecule has 0 radical (unpaired) electrons. The summed E-state index contributed by atoms with van der Waals surface area (Å²) in [5.74, 6) is 0.743. The molecule has 6 nitrogen and oxygen atoms in total. The molecule has 0 bridgehead atoms. The molecular weight excluding hydrogens is 316 g/mol. The molecule has 1 aliphatic heterocycles. The highest BCUT2D eigenvalue weighted by Crippen LogP contribution is 2.18. The number of aromatic nitrogens is 2. The van der Waals surface area contributed by atoms with Gasteiger partial charge in [-0.1, -0.05) is 18.2 Å². The highest BCUT2D eigenvalue weighted by molar-refractivity contribution is 5.80. The van der Waals surface area contributed by atoms with Crippen molar-refractivity contribution in [3.8, 4) is 5.75 Å². The molecule has 1 aromatic carbocycles. The van der Waals surface area contributed by atoms with Gasteiger partial charge < -0.3 is 19.9 Å². The lowest BCUT2D eigenvalue weighted by Crippen LogP contribution is -2.39. The van der Waals surface area contributed by atoms with E-state index in [0.29, 0.717) is 19.6 Å². The third kappa shape index (κ3) is 3.57. The number of amides is 2. The topological polar surface area (TPSA) is 70.2 Å². The molecule has 1 fully saturated rings. The van der Waals surface area contributed by atoms with Crippen molar-refractivity contribution in [1.29, 1.82) is 0 Å². The van der Waals surface area contributed by atoms with Gasteiger partial charge in [0.2, 0.25) is 0 Å². The second-order valence-electron chi connectivity index (χ2n) is 6.20. The van der Waals surface area contributed by atoms with Gasteiger partial charge in [0, 0.05) is 30.4 Å². The second-order valence-corrected chi connectivity index (χ2v) is 6.20. The molecule has 25 heavy (non-hydrogen) atoms. The number of hydrogen-bond donors (Lipinski definition) is 2. The minimum atomic E-state index is -0.0593. The van der Waals surface area contributed by atoms with Gasteiger partial charge in [-0.25, -0.2) is 4.79 Å². The number of pyridine rings is 1. The summed E-state index contributed by atoms with van der Waals surface area (Å²) in [5, 5.41) is 4.12. The van der Waals surface area contributed by atoms with Gasteiger partial charge in [-0.05, 0) is 29.7 Å². The molecule has 0 aliphatic carbocycles. The number of likely N-dealkylation sites (tertiary alicyclic amines) is 1. The molecule has 2 aromatic heterocycles. The van der Waals surface area contributed by atoms with Crippen LogP contribution in [-0.4, -0.2) is 40.1 Å². The number of para-hydroxylation sites is 1. The van der Waals surface area contributed by atoms with Crippen LogP contribution in [0.25, 0.3) is 10.9 Å². The summed E-state index contributed by atoms with van der Waals surface area (Å²) in [6.07, 6.45) is 4.25. The lowest BCUT2D eigenvalue weighted by Gasteiger charge is -2.17. The number of rotatable bonds is 4. The Balaban J connectivity index is 1.30. The minimum Gasteiger partial charge on any atom is -0.487 e. The molecule has 0 spiro atoms. The van der Waals surface area contributed by atoms with Gasteiger partial charge >= 0.3 is 6.03 Å². The normalized spacial score (nSPS) is 17.0. The summed E-state index contributed by atoms with van der Waals surface area (Å²) >= 11 is 0. The van der Waals surface area contributed by atoms with E-state index in [1.165, 1.54) is 0 Å². The van der Waals surface area contributed by atoms with Gasteiger partial charge in [0.05, 0.1) is 19.3 Å². The third-order valence-corrected chi connectivity index (χ3v) is 4.39. The maximum atomic E-state index is 12.4. The molecule has 1 unspecified atom stereocenters. The van der Waals surface area contributed by atoms with Crippen molar-refractivity contribution in [3.63, 3.8) is 0 Å². The van der Waals surface area contributed by atoms with Crippen molar-refractivity contribution in [3.05, 3.63) is 60.6 Å². The van der Waals surface area contributed by atoms with Crippen LogP contribution in [0, 0.1) is 0 Å². The number of nitrogens with one attached hydrogen (secondary N) is 2. The highest BCUT2D eigenvalue weighted by Gasteiger charge is 2.27. The van der Waals surface area contributed by atoms with E-state index in [1.54, 1.807) is 17.3 Å². The van der Waals surface area contributed by atoms with Crippen LogP contribution >= 0.6 is 0 Å². The van der Waals surface area contributed by atoms with E-state index in [0.717, 1.165) is 28.8 Å². The van der Waals surface area contributed by atoms with Gasteiger partial charge in [0.15, 0.2) is 0 Å². The lowest BCUT2D eigenvalue weighted by molar-refractivity contribution is 0.186. The van der Waals surface area contributed by atoms with Crippen molar-refractivity contribution in [1.82, 2.24) is 20.2 Å². The van der Waals surface area contributed by atoms with Crippen LogP contribution in [0.2, 0.25) is 0 Å². The predicted molar refractivity (Wildman–Crippen MR) is 95.4 cm³/mol. The quantitative estimate of drug-likeness (QED) is 0.769. The molecule has 1 aliphatic rings. The number of carbonyl (C=O) groups is 1. The fourth-order valence-electron chi connectivity index (χ4n) is 3.13. The van der Waals surface area contributed by atoms with Crippen molar-refractivity contribution in [2.75, 3.05) is 13.1 Å². The number of carbonyl (C=O) groups excluding carboxylic acids is 1. The maximum Gasteiger partial charge on any atom is 0.317 e. The molecule has 2 N–H and O–H groups in total. The molecule has 1 atom stereocenters. The molecule has 1 saturated heterocycles. The van der Waals surface area contributed by atoms with E-state index in [9.17, 15) is 4.79 Å². The Hall–Kier alpha value is -3.02. The lowest BCUT2D eigenvalue weighted by atomic mass is 10.2. The van der Waals surface area contributed by atoms with Crippen LogP contribution in [0.5, 0.6) is 5.75 Å². The Kier molecular flexibility index (Phi) is 4.24. The molecule has 4 rings (SSSR count). The molecule has 2 amide bonds. The van der Waals surface area contributed by atoms with E-state index in [4.69, 9.17) is 4.74 Å². The summed E-state index contributed by atoms with van der Waals surface area (Å²) in [7, 11) is 0. The number of urea groups is 1. The monoisotopic (exact) mass is 336 g/mol. The Labute approximate surface area is 145 Å². The fraction of sp³-hybridized carbons (Fsp3) is 0.263. The summed E-state index contributed by atoms with van der Waals surface area (Å²) in [6.45, 7) is 1.77. The van der Waals surface area contributed by atoms with Crippen molar-refractivity contribution >= 4 is 16.9 Å². The van der Waals surface area contributed by atoms with E-state index in [2.05, 4.69) is 27.4 Å². The second kappa shape index (κ2) is 6.84. The third-order valence-electron chi connectivity index (χ3n) is 4.39. The molecular formula is C19H20N4O2. The number of fused-ring (bicyclic) bond motifs is 1. The van der Waals surface area contributed by atoms with Gasteiger partial charge in [-0.15, -0.1) is 0 Å². The van der Waals surface area contributed by atoms with Crippen molar-refractivity contribution in [2.24, 2.45) is 0 Å². The Morgan fingerprint density at radius 2 is 2.24 bits per heavy atom. The average molecular weight is 336 g/mol. The summed E-state index contributed by atoms with van der Waals surface area (Å²) in [5.41, 5.74) is 2.08. The first-order chi connectivity index (χ1) is 12.3. The zero-order valence-corrected chi connectivity index (χ0v) is 13.8. The van der Waals surface area contributed by atoms with E-state index in [-0.39, 0.29) is 12.1 Å². The first-order valence-corrected chi connectivity index (χ1v) is 8.44. The van der Waals surface area contributed by atoms with Crippen LogP contribution in [0.1, 0.15) is 12.1 Å².